The van der Waals surface area contributed by atoms with Gasteiger partial charge in [-0.05, 0) is 16.9 Å². The summed E-state index contributed by atoms with van der Waals surface area (Å²) in [6.45, 7) is 0. The van der Waals surface area contributed by atoms with Gasteiger partial charge in [0.05, 0.1) is 0 Å². The first-order valence-corrected chi connectivity index (χ1v) is 6.13. The second kappa shape index (κ2) is 5.03. The van der Waals surface area contributed by atoms with E-state index in [2.05, 4.69) is 19.3 Å². The van der Waals surface area contributed by atoms with E-state index in [0.29, 0.717) is 5.95 Å². The maximum absolute atomic E-state index is 11.1. The Labute approximate surface area is 82.5 Å². The number of nitrogens with zero attached hydrogens (tertiary/aromatic N) is 4. The van der Waals surface area contributed by atoms with Crippen molar-refractivity contribution in [1.29, 1.82) is 0 Å². The molecule has 1 aromatic heterocycles. The molecule has 1 aromatic rings. The number of carbonyl (C=O) groups excluding carboxylic acids is 1. The van der Waals surface area contributed by atoms with Crippen molar-refractivity contribution in [2.24, 2.45) is 4.36 Å². The fourth-order valence-electron chi connectivity index (χ4n) is 0.561. The minimum atomic E-state index is -0.669. The smallest absolute Gasteiger partial charge is 0.258 e. The first-order chi connectivity index (χ1) is 6.24. The van der Waals surface area contributed by atoms with E-state index >= 15 is 0 Å². The van der Waals surface area contributed by atoms with Crippen LogP contribution in [0.4, 0.5) is 10.7 Å². The monoisotopic (exact) mass is 216 g/mol. The van der Waals surface area contributed by atoms with Crippen LogP contribution >= 0.6 is 11.8 Å². The zero-order valence-electron chi connectivity index (χ0n) is 7.17. The van der Waals surface area contributed by atoms with Gasteiger partial charge in [0.25, 0.3) is 10.4 Å². The van der Waals surface area contributed by atoms with Crippen LogP contribution < -0.4 is 0 Å². The van der Waals surface area contributed by atoms with E-state index in [9.17, 15) is 4.79 Å². The maximum Gasteiger partial charge on any atom is 0.258 e. The van der Waals surface area contributed by atoms with Crippen LogP contribution in [0.1, 0.15) is 0 Å². The molecule has 5 nitrogen and oxygen atoms in total. The van der Waals surface area contributed by atoms with Gasteiger partial charge in [0.1, 0.15) is 12.7 Å². The Morgan fingerprint density at radius 1 is 1.54 bits per heavy atom. The van der Waals surface area contributed by atoms with Crippen LogP contribution in [0.3, 0.4) is 0 Å². The SMILES string of the molecule is CSC(=O)S(C)=Nc1ncncn1. The third-order valence-corrected chi connectivity index (χ3v) is 3.58. The summed E-state index contributed by atoms with van der Waals surface area (Å²) in [5.41, 5.74) is 0. The Bertz CT molecular complexity index is 327. The van der Waals surface area contributed by atoms with Gasteiger partial charge in [0, 0.05) is 6.26 Å². The Balaban J connectivity index is 2.83. The predicted octanol–water partition coefficient (Wildman–Crippen LogP) is 1.42. The van der Waals surface area contributed by atoms with Crippen LogP contribution in [0.5, 0.6) is 0 Å². The molecule has 1 heterocycles. The lowest BCUT2D eigenvalue weighted by molar-refractivity contribution is 0.276. The van der Waals surface area contributed by atoms with E-state index in [1.54, 1.807) is 12.5 Å². The predicted molar refractivity (Wildman–Crippen MR) is 54.1 cm³/mol. The van der Waals surface area contributed by atoms with Gasteiger partial charge >= 0.3 is 0 Å². The van der Waals surface area contributed by atoms with Gasteiger partial charge in [-0.25, -0.2) is 4.98 Å². The van der Waals surface area contributed by atoms with Gasteiger partial charge in [-0.1, -0.05) is 11.8 Å². The standard InChI is InChI=1S/C6H8N4OS2/c1-12-6(11)13(2)10-5-8-3-7-4-9-5/h3-4H,1-2H3. The van der Waals surface area contributed by atoms with Crippen molar-refractivity contribution in [1.82, 2.24) is 15.0 Å². The van der Waals surface area contributed by atoms with E-state index in [-0.39, 0.29) is 4.45 Å². The number of carbonyl (C=O) groups is 1. The van der Waals surface area contributed by atoms with Crippen molar-refractivity contribution in [3.05, 3.63) is 12.7 Å². The first kappa shape index (κ1) is 10.3. The fourth-order valence-corrected chi connectivity index (χ4v) is 2.05. The normalized spacial score (nSPS) is 12.8. The third kappa shape index (κ3) is 3.19. The van der Waals surface area contributed by atoms with Gasteiger partial charge in [-0.2, -0.15) is 14.3 Å². The number of hydrogen-bond acceptors (Lipinski definition) is 6. The highest BCUT2D eigenvalue weighted by Crippen LogP contribution is 2.08. The van der Waals surface area contributed by atoms with E-state index < -0.39 is 10.7 Å². The molecule has 0 bridgehead atoms. The molecule has 7 heteroatoms. The Kier molecular flexibility index (Phi) is 3.97. The number of aromatic nitrogens is 3. The van der Waals surface area contributed by atoms with Crippen LogP contribution in [-0.4, -0.2) is 31.9 Å². The molecule has 1 atom stereocenters. The summed E-state index contributed by atoms with van der Waals surface area (Å²) in [5, 5.41) is 0. The first-order valence-electron chi connectivity index (χ1n) is 3.32. The highest BCUT2D eigenvalue weighted by atomic mass is 32.2. The molecule has 0 aliphatic rings. The summed E-state index contributed by atoms with van der Waals surface area (Å²) in [4.78, 5) is 22.4. The van der Waals surface area contributed by atoms with Gasteiger partial charge in [-0.3, -0.25) is 4.79 Å². The van der Waals surface area contributed by atoms with Crippen molar-refractivity contribution in [2.45, 2.75) is 0 Å². The van der Waals surface area contributed by atoms with Gasteiger partial charge in [0.15, 0.2) is 0 Å². The van der Waals surface area contributed by atoms with Crippen molar-refractivity contribution >= 4 is 32.8 Å². The second-order valence-electron chi connectivity index (χ2n) is 1.96. The lowest BCUT2D eigenvalue weighted by atomic mass is 11.0. The average Bonchev–Trinajstić information content (AvgIpc) is 2.18. The highest BCUT2D eigenvalue weighted by molar-refractivity contribution is 8.33. The van der Waals surface area contributed by atoms with Crippen LogP contribution in [-0.2, 0) is 10.7 Å². The number of thioether (sulfide) groups is 1. The van der Waals surface area contributed by atoms with Gasteiger partial charge in [0.2, 0.25) is 0 Å². The molecule has 0 aromatic carbocycles. The summed E-state index contributed by atoms with van der Waals surface area (Å²) in [7, 11) is -0.669. The number of rotatable bonds is 1. The molecular weight excluding hydrogens is 208 g/mol. The van der Waals surface area contributed by atoms with Crippen LogP contribution in [0.15, 0.2) is 17.0 Å². The maximum atomic E-state index is 11.1. The fraction of sp³-hybridized carbons (Fsp3) is 0.333. The molecule has 0 aliphatic carbocycles. The summed E-state index contributed by atoms with van der Waals surface area (Å²) in [6.07, 6.45) is 6.18. The molecule has 0 radical (unpaired) electrons. The zero-order chi connectivity index (χ0) is 9.68. The summed E-state index contributed by atoms with van der Waals surface area (Å²) in [6, 6.07) is 0. The molecule has 0 spiro atoms. The molecule has 1 rings (SSSR count). The van der Waals surface area contributed by atoms with Crippen LogP contribution in [0, 0.1) is 0 Å². The van der Waals surface area contributed by atoms with Crippen LogP contribution in [0.25, 0.3) is 0 Å². The Morgan fingerprint density at radius 2 is 2.15 bits per heavy atom. The van der Waals surface area contributed by atoms with Crippen molar-refractivity contribution in [2.75, 3.05) is 12.5 Å². The lowest BCUT2D eigenvalue weighted by Crippen LogP contribution is -1.96. The largest absolute Gasteiger partial charge is 0.273 e. The lowest BCUT2D eigenvalue weighted by Gasteiger charge is -1.95. The summed E-state index contributed by atoms with van der Waals surface area (Å²) in [5.74, 6) is 0.309. The molecule has 0 fully saturated rings. The third-order valence-electron chi connectivity index (χ3n) is 1.11. The van der Waals surface area contributed by atoms with Crippen LogP contribution in [0.2, 0.25) is 0 Å². The van der Waals surface area contributed by atoms with E-state index in [4.69, 9.17) is 0 Å². The molecular formula is C6H8N4OS2. The van der Waals surface area contributed by atoms with Crippen molar-refractivity contribution < 1.29 is 4.79 Å². The summed E-state index contributed by atoms with van der Waals surface area (Å²) < 4.78 is 4.05. The van der Waals surface area contributed by atoms with Crippen molar-refractivity contribution in [3.8, 4) is 0 Å². The Morgan fingerprint density at radius 3 is 2.69 bits per heavy atom. The topological polar surface area (TPSA) is 68.1 Å². The second-order valence-corrected chi connectivity index (χ2v) is 4.51. The minimum Gasteiger partial charge on any atom is -0.273 e. The van der Waals surface area contributed by atoms with Gasteiger partial charge in [-0.15, -0.1) is 0 Å². The molecule has 0 amide bonds. The highest BCUT2D eigenvalue weighted by Gasteiger charge is 2.02. The molecule has 0 N–H and O–H groups in total. The van der Waals surface area contributed by atoms with Crippen molar-refractivity contribution in [3.63, 3.8) is 0 Å². The summed E-state index contributed by atoms with van der Waals surface area (Å²) >= 11 is 1.16. The average molecular weight is 216 g/mol. The molecule has 70 valence electrons. The van der Waals surface area contributed by atoms with E-state index in [1.165, 1.54) is 12.7 Å². The van der Waals surface area contributed by atoms with Gasteiger partial charge < -0.3 is 0 Å². The minimum absolute atomic E-state index is 0.0282. The Hall–Kier alpha value is -0.820. The zero-order valence-corrected chi connectivity index (χ0v) is 8.80. The van der Waals surface area contributed by atoms with E-state index in [0.717, 1.165) is 11.8 Å². The quantitative estimate of drug-likeness (QED) is 0.710. The van der Waals surface area contributed by atoms with E-state index in [1.807, 2.05) is 0 Å². The molecule has 0 saturated carbocycles. The molecule has 0 saturated heterocycles. The number of hydrogen-bond donors (Lipinski definition) is 0. The molecule has 13 heavy (non-hydrogen) atoms. The molecule has 0 aliphatic heterocycles. The molecule has 1 unspecified atom stereocenters.